The Morgan fingerprint density at radius 3 is 2.64 bits per heavy atom. The average molecular weight is 335 g/mol. The van der Waals surface area contributed by atoms with Crippen LogP contribution in [0.3, 0.4) is 0 Å². The van der Waals surface area contributed by atoms with Crippen LogP contribution in [-0.2, 0) is 17.6 Å². The molecule has 2 heterocycles. The van der Waals surface area contributed by atoms with Gasteiger partial charge in [0.1, 0.15) is 5.65 Å². The molecule has 0 unspecified atom stereocenters. The first-order valence-corrected chi connectivity index (χ1v) is 8.88. The second kappa shape index (κ2) is 7.97. The third kappa shape index (κ3) is 4.69. The van der Waals surface area contributed by atoms with Crippen molar-refractivity contribution in [2.45, 2.75) is 39.5 Å². The van der Waals surface area contributed by atoms with E-state index in [1.165, 1.54) is 11.1 Å². The molecule has 3 rings (SSSR count). The summed E-state index contributed by atoms with van der Waals surface area (Å²) in [4.78, 5) is 16.6. The zero-order chi connectivity index (χ0) is 17.6. The van der Waals surface area contributed by atoms with E-state index < -0.39 is 0 Å². The molecule has 4 nitrogen and oxygen atoms in total. The number of pyridine rings is 1. The van der Waals surface area contributed by atoms with Gasteiger partial charge < -0.3 is 9.72 Å². The van der Waals surface area contributed by atoms with Crippen LogP contribution < -0.4 is 5.32 Å². The molecule has 130 valence electrons. The predicted molar refractivity (Wildman–Crippen MR) is 101 cm³/mol. The average Bonchev–Trinajstić information content (AvgIpc) is 3.01. The van der Waals surface area contributed by atoms with Crippen molar-refractivity contribution < 1.29 is 4.79 Å². The van der Waals surface area contributed by atoms with Gasteiger partial charge in [0.05, 0.1) is 5.69 Å². The van der Waals surface area contributed by atoms with Gasteiger partial charge >= 0.3 is 0 Å². The smallest absolute Gasteiger partial charge is 0.220 e. The number of amides is 1. The van der Waals surface area contributed by atoms with Crippen LogP contribution in [0.15, 0.2) is 48.7 Å². The molecule has 0 aliphatic rings. The Bertz CT molecular complexity index is 849. The highest BCUT2D eigenvalue weighted by molar-refractivity contribution is 5.75. The summed E-state index contributed by atoms with van der Waals surface area (Å²) in [6.45, 7) is 4.78. The molecule has 3 aromatic rings. The first-order chi connectivity index (χ1) is 12.1. The number of nitrogens with one attached hydrogen (secondary N) is 1. The number of aryl methyl sites for hydroxylation is 3. The molecule has 0 bridgehead atoms. The monoisotopic (exact) mass is 335 g/mol. The van der Waals surface area contributed by atoms with Crippen molar-refractivity contribution >= 4 is 11.6 Å². The van der Waals surface area contributed by atoms with E-state index in [0.717, 1.165) is 36.3 Å². The van der Waals surface area contributed by atoms with Crippen LogP contribution in [0.25, 0.3) is 5.65 Å². The van der Waals surface area contributed by atoms with E-state index in [9.17, 15) is 4.79 Å². The number of carbonyl (C=O) groups excluding carboxylic acids is 1. The van der Waals surface area contributed by atoms with Gasteiger partial charge in [-0.05, 0) is 44.4 Å². The van der Waals surface area contributed by atoms with Gasteiger partial charge in [0.15, 0.2) is 0 Å². The van der Waals surface area contributed by atoms with Gasteiger partial charge in [-0.1, -0.05) is 35.9 Å². The van der Waals surface area contributed by atoms with Gasteiger partial charge in [-0.2, -0.15) is 0 Å². The van der Waals surface area contributed by atoms with Crippen molar-refractivity contribution in [3.63, 3.8) is 0 Å². The topological polar surface area (TPSA) is 46.4 Å². The molecule has 2 aromatic heterocycles. The van der Waals surface area contributed by atoms with Crippen LogP contribution in [-0.4, -0.2) is 21.8 Å². The maximum atomic E-state index is 12.0. The summed E-state index contributed by atoms with van der Waals surface area (Å²) in [5.41, 5.74) is 5.69. The molecule has 0 fully saturated rings. The maximum Gasteiger partial charge on any atom is 0.220 e. The lowest BCUT2D eigenvalue weighted by atomic mass is 10.1. The van der Waals surface area contributed by atoms with Crippen LogP contribution in [0.2, 0.25) is 0 Å². The van der Waals surface area contributed by atoms with Gasteiger partial charge in [-0.15, -0.1) is 0 Å². The molecular formula is C21H25N3O. The van der Waals surface area contributed by atoms with Crippen LogP contribution in [0.4, 0.5) is 0 Å². The van der Waals surface area contributed by atoms with Crippen molar-refractivity contribution in [3.8, 4) is 0 Å². The van der Waals surface area contributed by atoms with E-state index >= 15 is 0 Å². The molecule has 0 aliphatic carbocycles. The number of imidazole rings is 1. The summed E-state index contributed by atoms with van der Waals surface area (Å²) >= 11 is 0. The first kappa shape index (κ1) is 17.2. The minimum atomic E-state index is 0.118. The molecule has 25 heavy (non-hydrogen) atoms. The fourth-order valence-electron chi connectivity index (χ4n) is 2.95. The van der Waals surface area contributed by atoms with Crippen LogP contribution >= 0.6 is 0 Å². The number of aromatic nitrogens is 2. The fraction of sp³-hybridized carbons (Fsp3) is 0.333. The number of hydrogen-bond acceptors (Lipinski definition) is 2. The number of fused-ring (bicyclic) bond motifs is 1. The van der Waals surface area contributed by atoms with Crippen LogP contribution in [0, 0.1) is 13.8 Å². The summed E-state index contributed by atoms with van der Waals surface area (Å²) in [6, 6.07) is 14.6. The largest absolute Gasteiger partial charge is 0.356 e. The van der Waals surface area contributed by atoms with Crippen molar-refractivity contribution in [1.82, 2.24) is 14.7 Å². The molecule has 1 N–H and O–H groups in total. The molecule has 1 amide bonds. The molecule has 1 aromatic carbocycles. The lowest BCUT2D eigenvalue weighted by Crippen LogP contribution is -2.25. The highest BCUT2D eigenvalue weighted by atomic mass is 16.1. The Kier molecular flexibility index (Phi) is 5.49. The van der Waals surface area contributed by atoms with Crippen molar-refractivity contribution in [1.29, 1.82) is 0 Å². The minimum absolute atomic E-state index is 0.118. The number of carbonyl (C=O) groups is 1. The lowest BCUT2D eigenvalue weighted by Gasteiger charge is -2.05. The number of nitrogens with zero attached hydrogens (tertiary/aromatic N) is 2. The Hall–Kier alpha value is -2.62. The maximum absolute atomic E-state index is 12.0. The minimum Gasteiger partial charge on any atom is -0.356 e. The fourth-order valence-corrected chi connectivity index (χ4v) is 2.95. The summed E-state index contributed by atoms with van der Waals surface area (Å²) in [5, 5.41) is 3.00. The lowest BCUT2D eigenvalue weighted by molar-refractivity contribution is -0.121. The second-order valence-electron chi connectivity index (χ2n) is 6.57. The third-order valence-electron chi connectivity index (χ3n) is 4.44. The molecule has 0 atom stereocenters. The number of benzene rings is 1. The quantitative estimate of drug-likeness (QED) is 0.716. The van der Waals surface area contributed by atoms with Gasteiger partial charge in [0.25, 0.3) is 0 Å². The van der Waals surface area contributed by atoms with Crippen molar-refractivity contribution in [2.24, 2.45) is 0 Å². The van der Waals surface area contributed by atoms with Gasteiger partial charge in [-0.25, -0.2) is 4.98 Å². The van der Waals surface area contributed by atoms with E-state index in [-0.39, 0.29) is 5.91 Å². The summed E-state index contributed by atoms with van der Waals surface area (Å²) in [5.74, 6) is 0.118. The van der Waals surface area contributed by atoms with E-state index in [2.05, 4.69) is 58.9 Å². The Morgan fingerprint density at radius 1 is 1.08 bits per heavy atom. The highest BCUT2D eigenvalue weighted by Gasteiger charge is 2.05. The normalized spacial score (nSPS) is 11.0. The van der Waals surface area contributed by atoms with Gasteiger partial charge in [0.2, 0.25) is 5.91 Å². The van der Waals surface area contributed by atoms with Gasteiger partial charge in [-0.3, -0.25) is 4.79 Å². The summed E-state index contributed by atoms with van der Waals surface area (Å²) in [7, 11) is 0. The van der Waals surface area contributed by atoms with Gasteiger partial charge in [0, 0.05) is 31.3 Å². The van der Waals surface area contributed by atoms with E-state index in [0.29, 0.717) is 13.0 Å². The van der Waals surface area contributed by atoms with Crippen LogP contribution in [0.1, 0.15) is 35.4 Å². The van der Waals surface area contributed by atoms with E-state index in [1.54, 1.807) is 0 Å². The Labute approximate surface area is 148 Å². The standard InChI is InChI=1S/C21H25N3O/c1-16-9-11-18(12-10-16)6-4-8-21(25)22-14-13-19-15-24-17(2)5-3-7-20(24)23-19/h3,5,7,9-12,15H,4,6,8,13-14H2,1-2H3,(H,22,25). The number of rotatable bonds is 7. The van der Waals surface area contributed by atoms with E-state index in [4.69, 9.17) is 0 Å². The Balaban J connectivity index is 1.40. The first-order valence-electron chi connectivity index (χ1n) is 8.88. The molecule has 0 spiro atoms. The molecule has 0 saturated carbocycles. The zero-order valence-corrected chi connectivity index (χ0v) is 15.0. The number of hydrogen-bond donors (Lipinski definition) is 1. The zero-order valence-electron chi connectivity index (χ0n) is 15.0. The molecule has 0 aliphatic heterocycles. The van der Waals surface area contributed by atoms with Crippen LogP contribution in [0.5, 0.6) is 0 Å². The second-order valence-corrected chi connectivity index (χ2v) is 6.57. The Morgan fingerprint density at radius 2 is 1.88 bits per heavy atom. The van der Waals surface area contributed by atoms with E-state index in [1.807, 2.05) is 18.3 Å². The molecule has 0 saturated heterocycles. The molecule has 4 heteroatoms. The SMILES string of the molecule is Cc1ccc(CCCC(=O)NCCc2cn3c(C)cccc3n2)cc1. The summed E-state index contributed by atoms with van der Waals surface area (Å²) < 4.78 is 2.08. The van der Waals surface area contributed by atoms with Crippen molar-refractivity contribution in [2.75, 3.05) is 6.54 Å². The highest BCUT2D eigenvalue weighted by Crippen LogP contribution is 2.09. The van der Waals surface area contributed by atoms with Crippen molar-refractivity contribution in [3.05, 3.63) is 71.2 Å². The third-order valence-corrected chi connectivity index (χ3v) is 4.44. The predicted octanol–water partition coefficient (Wildman–Crippen LogP) is 3.63. The molecular weight excluding hydrogens is 310 g/mol. The molecule has 0 radical (unpaired) electrons. The summed E-state index contributed by atoms with van der Waals surface area (Å²) in [6.07, 6.45) is 5.19.